The van der Waals surface area contributed by atoms with Crippen LogP contribution in [0.4, 0.5) is 11.4 Å². The Morgan fingerprint density at radius 1 is 1.42 bits per heavy atom. The first kappa shape index (κ1) is 12.6. The molecule has 7 heteroatoms. The lowest BCUT2D eigenvalue weighted by Crippen LogP contribution is -2.13. The summed E-state index contributed by atoms with van der Waals surface area (Å²) in [7, 11) is 0. The lowest BCUT2D eigenvalue weighted by atomic mass is 10.3. The molecule has 0 aliphatic rings. The summed E-state index contributed by atoms with van der Waals surface area (Å²) in [6, 6.07) is 6.77. The van der Waals surface area contributed by atoms with E-state index in [4.69, 9.17) is 10.5 Å². The number of hydrogen-bond acceptors (Lipinski definition) is 5. The molecule has 2 rings (SSSR count). The van der Waals surface area contributed by atoms with E-state index in [9.17, 15) is 9.59 Å². The third kappa shape index (κ3) is 2.89. The predicted octanol–water partition coefficient (Wildman–Crippen LogP) is 1.10. The fourth-order valence-electron chi connectivity index (χ4n) is 1.43. The first-order chi connectivity index (χ1) is 9.08. The van der Waals surface area contributed by atoms with Crippen molar-refractivity contribution in [2.45, 2.75) is 6.92 Å². The number of para-hydroxylation sites is 2. The number of anilines is 2. The number of carbonyl (C=O) groups excluding carboxylic acids is 1. The smallest absolute Gasteiger partial charge is 0.277 e. The molecule has 19 heavy (non-hydrogen) atoms. The van der Waals surface area contributed by atoms with Crippen molar-refractivity contribution in [1.82, 2.24) is 9.97 Å². The molecule has 0 saturated carbocycles. The first-order valence-electron chi connectivity index (χ1n) is 5.45. The van der Waals surface area contributed by atoms with Gasteiger partial charge in [0.25, 0.3) is 5.56 Å². The summed E-state index contributed by atoms with van der Waals surface area (Å²) in [5.41, 5.74) is 5.42. The second-order valence-corrected chi connectivity index (χ2v) is 3.73. The molecule has 1 aromatic heterocycles. The number of nitrogens with zero attached hydrogens (tertiary/aromatic N) is 1. The van der Waals surface area contributed by atoms with Crippen LogP contribution in [0.15, 0.2) is 35.4 Å². The minimum absolute atomic E-state index is 0.0125. The van der Waals surface area contributed by atoms with Crippen molar-refractivity contribution in [2.75, 3.05) is 11.1 Å². The number of rotatable bonds is 3. The van der Waals surface area contributed by atoms with E-state index in [1.165, 1.54) is 13.3 Å². The van der Waals surface area contributed by atoms with E-state index in [-0.39, 0.29) is 17.5 Å². The van der Waals surface area contributed by atoms with Gasteiger partial charge in [0, 0.05) is 6.92 Å². The zero-order chi connectivity index (χ0) is 13.8. The number of H-pyrrole nitrogens is 1. The Balaban J connectivity index is 2.35. The SMILES string of the molecule is CC(=O)Nc1ccccc1Oc1nc[nH]c(=O)c1N. The van der Waals surface area contributed by atoms with Crippen LogP contribution in [-0.4, -0.2) is 15.9 Å². The number of amides is 1. The summed E-state index contributed by atoms with van der Waals surface area (Å²) >= 11 is 0. The molecule has 2 aromatic rings. The Labute approximate surface area is 108 Å². The number of nitrogens with one attached hydrogen (secondary N) is 2. The fraction of sp³-hybridized carbons (Fsp3) is 0.0833. The Hall–Kier alpha value is -2.83. The van der Waals surface area contributed by atoms with Crippen LogP contribution < -0.4 is 21.3 Å². The van der Waals surface area contributed by atoms with Crippen LogP contribution in [0.25, 0.3) is 0 Å². The maximum absolute atomic E-state index is 11.3. The van der Waals surface area contributed by atoms with E-state index in [2.05, 4.69) is 15.3 Å². The van der Waals surface area contributed by atoms with Crippen LogP contribution in [0.5, 0.6) is 11.6 Å². The zero-order valence-electron chi connectivity index (χ0n) is 10.1. The van der Waals surface area contributed by atoms with Gasteiger partial charge in [0.1, 0.15) is 0 Å². The highest BCUT2D eigenvalue weighted by atomic mass is 16.5. The molecule has 1 heterocycles. The van der Waals surface area contributed by atoms with Gasteiger partial charge < -0.3 is 20.8 Å². The van der Waals surface area contributed by atoms with Crippen molar-refractivity contribution in [3.63, 3.8) is 0 Å². The monoisotopic (exact) mass is 260 g/mol. The van der Waals surface area contributed by atoms with Gasteiger partial charge in [-0.2, -0.15) is 0 Å². The largest absolute Gasteiger partial charge is 0.435 e. The molecule has 0 bridgehead atoms. The first-order valence-corrected chi connectivity index (χ1v) is 5.45. The third-order valence-electron chi connectivity index (χ3n) is 2.26. The Bertz CT molecular complexity index is 666. The van der Waals surface area contributed by atoms with Gasteiger partial charge in [-0.05, 0) is 12.1 Å². The minimum Gasteiger partial charge on any atom is -0.435 e. The molecule has 0 saturated heterocycles. The molecule has 0 radical (unpaired) electrons. The minimum atomic E-state index is -0.484. The summed E-state index contributed by atoms with van der Waals surface area (Å²) in [4.78, 5) is 28.6. The van der Waals surface area contributed by atoms with Gasteiger partial charge in [-0.15, -0.1) is 0 Å². The number of aromatic amines is 1. The molecule has 1 aromatic carbocycles. The van der Waals surface area contributed by atoms with Crippen molar-refractivity contribution >= 4 is 17.3 Å². The molecule has 0 aliphatic carbocycles. The zero-order valence-corrected chi connectivity index (χ0v) is 10.1. The number of benzene rings is 1. The number of hydrogen-bond donors (Lipinski definition) is 3. The maximum Gasteiger partial charge on any atom is 0.277 e. The number of aromatic nitrogens is 2. The number of ether oxygens (including phenoxy) is 1. The highest BCUT2D eigenvalue weighted by Gasteiger charge is 2.10. The summed E-state index contributed by atoms with van der Waals surface area (Å²) in [5.74, 6) is 0.104. The molecular formula is C12H12N4O3. The maximum atomic E-state index is 11.3. The second-order valence-electron chi connectivity index (χ2n) is 3.73. The summed E-state index contributed by atoms with van der Waals surface area (Å²) in [6.07, 6.45) is 1.19. The van der Waals surface area contributed by atoms with E-state index < -0.39 is 5.56 Å². The van der Waals surface area contributed by atoms with E-state index in [0.29, 0.717) is 11.4 Å². The van der Waals surface area contributed by atoms with Crippen LogP contribution in [0.3, 0.4) is 0 Å². The summed E-state index contributed by atoms with van der Waals surface area (Å²) in [5, 5.41) is 2.61. The number of carbonyl (C=O) groups is 1. The van der Waals surface area contributed by atoms with Gasteiger partial charge in [0.15, 0.2) is 11.4 Å². The number of nitrogens with two attached hydrogens (primary N) is 1. The molecule has 4 N–H and O–H groups in total. The lowest BCUT2D eigenvalue weighted by molar-refractivity contribution is -0.114. The molecule has 0 spiro atoms. The Morgan fingerprint density at radius 2 is 2.16 bits per heavy atom. The average molecular weight is 260 g/mol. The van der Waals surface area contributed by atoms with Crippen molar-refractivity contribution < 1.29 is 9.53 Å². The van der Waals surface area contributed by atoms with Gasteiger partial charge in [0.05, 0.1) is 12.0 Å². The van der Waals surface area contributed by atoms with Gasteiger partial charge in [0.2, 0.25) is 11.8 Å². The van der Waals surface area contributed by atoms with E-state index in [1.54, 1.807) is 24.3 Å². The molecule has 0 aliphatic heterocycles. The van der Waals surface area contributed by atoms with Gasteiger partial charge in [-0.3, -0.25) is 9.59 Å². The fourth-order valence-corrected chi connectivity index (χ4v) is 1.43. The summed E-state index contributed by atoms with van der Waals surface area (Å²) in [6.45, 7) is 1.39. The normalized spacial score (nSPS) is 9.95. The molecule has 7 nitrogen and oxygen atoms in total. The topological polar surface area (TPSA) is 110 Å². The predicted molar refractivity (Wildman–Crippen MR) is 70.1 cm³/mol. The van der Waals surface area contributed by atoms with Crippen molar-refractivity contribution in [3.05, 3.63) is 40.9 Å². The standard InChI is InChI=1S/C12H12N4O3/c1-7(17)16-8-4-2-3-5-9(8)19-12-10(13)11(18)14-6-15-12/h2-6H,13H2,1H3,(H,16,17)(H,14,15,18). The van der Waals surface area contributed by atoms with Crippen LogP contribution in [0.2, 0.25) is 0 Å². The van der Waals surface area contributed by atoms with Crippen molar-refractivity contribution in [1.29, 1.82) is 0 Å². The average Bonchev–Trinajstić information content (AvgIpc) is 2.36. The van der Waals surface area contributed by atoms with Crippen LogP contribution in [0.1, 0.15) is 6.92 Å². The number of nitrogen functional groups attached to an aromatic ring is 1. The Morgan fingerprint density at radius 3 is 2.89 bits per heavy atom. The quantitative estimate of drug-likeness (QED) is 0.765. The third-order valence-corrected chi connectivity index (χ3v) is 2.26. The molecule has 98 valence electrons. The van der Waals surface area contributed by atoms with Gasteiger partial charge >= 0.3 is 0 Å². The highest BCUT2D eigenvalue weighted by molar-refractivity contribution is 5.90. The molecule has 1 amide bonds. The van der Waals surface area contributed by atoms with Crippen LogP contribution >= 0.6 is 0 Å². The van der Waals surface area contributed by atoms with Crippen molar-refractivity contribution in [2.24, 2.45) is 0 Å². The van der Waals surface area contributed by atoms with Crippen LogP contribution in [-0.2, 0) is 4.79 Å². The van der Waals surface area contributed by atoms with E-state index >= 15 is 0 Å². The summed E-state index contributed by atoms with van der Waals surface area (Å²) < 4.78 is 5.45. The molecule has 0 unspecified atom stereocenters. The second kappa shape index (κ2) is 5.21. The van der Waals surface area contributed by atoms with Crippen molar-refractivity contribution in [3.8, 4) is 11.6 Å². The van der Waals surface area contributed by atoms with Gasteiger partial charge in [-0.1, -0.05) is 12.1 Å². The van der Waals surface area contributed by atoms with Crippen LogP contribution in [0, 0.1) is 0 Å². The Kier molecular flexibility index (Phi) is 3.46. The lowest BCUT2D eigenvalue weighted by Gasteiger charge is -2.11. The molecule has 0 fully saturated rings. The molecule has 0 atom stereocenters. The molecular weight excluding hydrogens is 248 g/mol. The highest BCUT2D eigenvalue weighted by Crippen LogP contribution is 2.29. The van der Waals surface area contributed by atoms with E-state index in [0.717, 1.165) is 0 Å². The van der Waals surface area contributed by atoms with E-state index in [1.807, 2.05) is 0 Å². The van der Waals surface area contributed by atoms with Gasteiger partial charge in [-0.25, -0.2) is 4.98 Å².